The van der Waals surface area contributed by atoms with Crippen LogP contribution in [0.1, 0.15) is 17.9 Å². The summed E-state index contributed by atoms with van der Waals surface area (Å²) in [5.74, 6) is 2.88. The van der Waals surface area contributed by atoms with Gasteiger partial charge in [0.15, 0.2) is 0 Å². The van der Waals surface area contributed by atoms with Gasteiger partial charge in [-0.25, -0.2) is 15.0 Å². The molecule has 1 fully saturated rings. The van der Waals surface area contributed by atoms with Crippen molar-refractivity contribution in [2.75, 3.05) is 51.1 Å². The molecule has 2 atom stereocenters. The SMILES string of the molecule is COc1cc(C)nc(CCNc2cc(N3C[C@H](O)C[C@@H]3CN(C)C)ncn2)n1. The number of hydrogen-bond acceptors (Lipinski definition) is 9. The highest BCUT2D eigenvalue weighted by Crippen LogP contribution is 2.25. The monoisotopic (exact) mass is 387 g/mol. The van der Waals surface area contributed by atoms with Crippen molar-refractivity contribution in [1.29, 1.82) is 0 Å². The van der Waals surface area contributed by atoms with Crippen molar-refractivity contribution in [3.63, 3.8) is 0 Å². The Kier molecular flexibility index (Phi) is 6.58. The van der Waals surface area contributed by atoms with E-state index >= 15 is 0 Å². The molecule has 0 spiro atoms. The maximum atomic E-state index is 10.1. The molecule has 2 aromatic rings. The van der Waals surface area contributed by atoms with Crippen molar-refractivity contribution in [2.24, 2.45) is 0 Å². The number of aliphatic hydroxyl groups excluding tert-OH is 1. The van der Waals surface area contributed by atoms with E-state index in [1.807, 2.05) is 33.2 Å². The second kappa shape index (κ2) is 9.11. The molecule has 0 unspecified atom stereocenters. The number of ether oxygens (including phenoxy) is 1. The number of aliphatic hydroxyl groups is 1. The molecule has 3 rings (SSSR count). The van der Waals surface area contributed by atoms with Gasteiger partial charge in [0.05, 0.1) is 13.2 Å². The summed E-state index contributed by atoms with van der Waals surface area (Å²) in [6.07, 6.45) is 2.63. The number of β-amino-alcohol motifs (C(OH)–C–C–N with tert-alkyl or cyclic N) is 1. The first-order chi connectivity index (χ1) is 13.4. The molecule has 1 saturated heterocycles. The van der Waals surface area contributed by atoms with Crippen molar-refractivity contribution in [2.45, 2.75) is 31.9 Å². The minimum Gasteiger partial charge on any atom is -0.481 e. The fraction of sp³-hybridized carbons (Fsp3) is 0.579. The summed E-state index contributed by atoms with van der Waals surface area (Å²) in [6, 6.07) is 3.97. The maximum Gasteiger partial charge on any atom is 0.216 e. The topological polar surface area (TPSA) is 99.5 Å². The van der Waals surface area contributed by atoms with E-state index in [2.05, 4.69) is 35.1 Å². The Bertz CT molecular complexity index is 787. The minimum atomic E-state index is -0.329. The third-order valence-electron chi connectivity index (χ3n) is 4.66. The first-order valence-corrected chi connectivity index (χ1v) is 9.48. The predicted octanol–water partition coefficient (Wildman–Crippen LogP) is 0.739. The number of methoxy groups -OCH3 is 1. The van der Waals surface area contributed by atoms with Crippen molar-refractivity contribution < 1.29 is 9.84 Å². The summed E-state index contributed by atoms with van der Waals surface area (Å²) in [5.41, 5.74) is 0.880. The average Bonchev–Trinajstić information content (AvgIpc) is 3.01. The summed E-state index contributed by atoms with van der Waals surface area (Å²) in [4.78, 5) is 21.8. The number of aromatic nitrogens is 4. The maximum absolute atomic E-state index is 10.1. The van der Waals surface area contributed by atoms with Gasteiger partial charge in [0.2, 0.25) is 5.88 Å². The predicted molar refractivity (Wildman–Crippen MR) is 108 cm³/mol. The third-order valence-corrected chi connectivity index (χ3v) is 4.66. The van der Waals surface area contributed by atoms with E-state index in [0.29, 0.717) is 25.4 Å². The second-order valence-corrected chi connectivity index (χ2v) is 7.36. The Morgan fingerprint density at radius 3 is 2.86 bits per heavy atom. The lowest BCUT2D eigenvalue weighted by Crippen LogP contribution is -2.38. The molecule has 0 aliphatic carbocycles. The third kappa shape index (κ3) is 5.26. The van der Waals surface area contributed by atoms with Crippen LogP contribution in [0, 0.1) is 6.92 Å². The molecule has 0 bridgehead atoms. The molecule has 1 aliphatic rings. The van der Waals surface area contributed by atoms with Gasteiger partial charge in [0, 0.05) is 49.9 Å². The van der Waals surface area contributed by atoms with Crippen LogP contribution >= 0.6 is 0 Å². The number of rotatable bonds is 8. The van der Waals surface area contributed by atoms with Crippen molar-refractivity contribution in [1.82, 2.24) is 24.8 Å². The minimum absolute atomic E-state index is 0.237. The number of likely N-dealkylation sites (N-methyl/N-ethyl adjacent to an activating group) is 1. The van der Waals surface area contributed by atoms with Gasteiger partial charge in [-0.3, -0.25) is 0 Å². The van der Waals surface area contributed by atoms with Crippen LogP contribution in [-0.4, -0.2) is 82.9 Å². The fourth-order valence-electron chi connectivity index (χ4n) is 3.49. The summed E-state index contributed by atoms with van der Waals surface area (Å²) in [6.45, 7) is 4.03. The zero-order valence-electron chi connectivity index (χ0n) is 17.0. The van der Waals surface area contributed by atoms with Gasteiger partial charge < -0.3 is 25.0 Å². The number of anilines is 2. The molecule has 28 heavy (non-hydrogen) atoms. The van der Waals surface area contributed by atoms with Gasteiger partial charge in [-0.05, 0) is 27.4 Å². The van der Waals surface area contributed by atoms with Gasteiger partial charge in [-0.1, -0.05) is 0 Å². The molecule has 152 valence electrons. The van der Waals surface area contributed by atoms with Crippen molar-refractivity contribution in [3.05, 3.63) is 30.0 Å². The zero-order chi connectivity index (χ0) is 20.1. The molecule has 0 amide bonds. The Labute approximate surface area is 165 Å². The lowest BCUT2D eigenvalue weighted by Gasteiger charge is -2.27. The molecule has 0 aromatic carbocycles. The Morgan fingerprint density at radius 1 is 1.29 bits per heavy atom. The van der Waals surface area contributed by atoms with Crippen LogP contribution in [0.3, 0.4) is 0 Å². The van der Waals surface area contributed by atoms with E-state index in [0.717, 1.165) is 36.1 Å². The second-order valence-electron chi connectivity index (χ2n) is 7.36. The molecule has 0 radical (unpaired) electrons. The number of aryl methyl sites for hydroxylation is 1. The number of hydrogen-bond donors (Lipinski definition) is 2. The molecular weight excluding hydrogens is 358 g/mol. The molecule has 3 heterocycles. The van der Waals surface area contributed by atoms with Crippen molar-refractivity contribution in [3.8, 4) is 5.88 Å². The zero-order valence-corrected chi connectivity index (χ0v) is 17.0. The number of nitrogens with one attached hydrogen (secondary N) is 1. The van der Waals surface area contributed by atoms with E-state index in [4.69, 9.17) is 4.74 Å². The summed E-state index contributed by atoms with van der Waals surface area (Å²) >= 11 is 0. The molecule has 9 nitrogen and oxygen atoms in total. The van der Waals surface area contributed by atoms with Gasteiger partial charge in [-0.2, -0.15) is 4.98 Å². The smallest absolute Gasteiger partial charge is 0.216 e. The van der Waals surface area contributed by atoms with E-state index in [1.165, 1.54) is 0 Å². The Morgan fingerprint density at radius 2 is 2.11 bits per heavy atom. The standard InChI is InChI=1S/C19H29N7O2/c1-13-7-19(28-4)24-16(23-13)5-6-20-17-9-18(22-12-21-17)26-11-15(27)8-14(26)10-25(2)3/h7,9,12,14-15,27H,5-6,8,10-11H2,1-4H3,(H,20,21,22)/t14-,15-/m1/s1. The first-order valence-electron chi connectivity index (χ1n) is 9.48. The quantitative estimate of drug-likeness (QED) is 0.679. The van der Waals surface area contributed by atoms with E-state index in [-0.39, 0.29) is 12.1 Å². The number of nitrogens with zero attached hydrogens (tertiary/aromatic N) is 6. The van der Waals surface area contributed by atoms with E-state index in [1.54, 1.807) is 13.4 Å². The van der Waals surface area contributed by atoms with Crippen LogP contribution in [-0.2, 0) is 6.42 Å². The van der Waals surface area contributed by atoms with Crippen LogP contribution in [0.5, 0.6) is 5.88 Å². The normalized spacial score (nSPS) is 19.3. The van der Waals surface area contributed by atoms with Gasteiger partial charge in [0.1, 0.15) is 23.8 Å². The van der Waals surface area contributed by atoms with Gasteiger partial charge >= 0.3 is 0 Å². The van der Waals surface area contributed by atoms with E-state index in [9.17, 15) is 5.11 Å². The lowest BCUT2D eigenvalue weighted by molar-refractivity contribution is 0.191. The van der Waals surface area contributed by atoms with Crippen LogP contribution in [0.2, 0.25) is 0 Å². The summed E-state index contributed by atoms with van der Waals surface area (Å²) in [7, 11) is 5.68. The van der Waals surface area contributed by atoms with E-state index < -0.39 is 0 Å². The van der Waals surface area contributed by atoms with Crippen LogP contribution in [0.25, 0.3) is 0 Å². The highest BCUT2D eigenvalue weighted by molar-refractivity contribution is 5.50. The van der Waals surface area contributed by atoms with Crippen LogP contribution < -0.4 is 15.0 Å². The van der Waals surface area contributed by atoms with Crippen molar-refractivity contribution >= 4 is 11.6 Å². The highest BCUT2D eigenvalue weighted by atomic mass is 16.5. The molecular formula is C19H29N7O2. The highest BCUT2D eigenvalue weighted by Gasteiger charge is 2.32. The summed E-state index contributed by atoms with van der Waals surface area (Å²) < 4.78 is 5.20. The average molecular weight is 387 g/mol. The Balaban J connectivity index is 1.62. The molecule has 1 aliphatic heterocycles. The van der Waals surface area contributed by atoms with Crippen LogP contribution in [0.4, 0.5) is 11.6 Å². The summed E-state index contributed by atoms with van der Waals surface area (Å²) in [5, 5.41) is 13.4. The molecule has 2 aromatic heterocycles. The first kappa shape index (κ1) is 20.2. The fourth-order valence-corrected chi connectivity index (χ4v) is 3.49. The largest absolute Gasteiger partial charge is 0.481 e. The molecule has 2 N–H and O–H groups in total. The van der Waals surface area contributed by atoms with Crippen LogP contribution in [0.15, 0.2) is 18.5 Å². The van der Waals surface area contributed by atoms with Gasteiger partial charge in [0.25, 0.3) is 0 Å². The van der Waals surface area contributed by atoms with Gasteiger partial charge in [-0.15, -0.1) is 0 Å². The Hall–Kier alpha value is -2.52. The molecule has 0 saturated carbocycles. The molecule has 9 heteroatoms. The lowest BCUT2D eigenvalue weighted by atomic mass is 10.2.